The van der Waals surface area contributed by atoms with E-state index in [-0.39, 0.29) is 113 Å². The maximum absolute atomic E-state index is 13.2. The second-order valence-electron chi connectivity index (χ2n) is 17.9. The van der Waals surface area contributed by atoms with E-state index in [0.29, 0.717) is 17.8 Å². The van der Waals surface area contributed by atoms with Crippen LogP contribution < -0.4 is 72.4 Å². The summed E-state index contributed by atoms with van der Waals surface area (Å²) in [6, 6.07) is 0.552. The minimum Gasteiger partial charge on any atom is -0.550 e. The van der Waals surface area contributed by atoms with Crippen LogP contribution in [0, 0.1) is 23.7 Å². The Morgan fingerprint density at radius 2 is 0.964 bits per heavy atom. The van der Waals surface area contributed by atoms with Crippen molar-refractivity contribution in [1.29, 1.82) is 0 Å². The number of aliphatic carboxylic acids is 1. The molecule has 4 N–H and O–H groups in total. The van der Waals surface area contributed by atoms with Gasteiger partial charge in [-0.2, -0.15) is 0 Å². The normalized spacial score (nSPS) is 24.9. The number of carboxylic acids is 1. The van der Waals surface area contributed by atoms with Crippen LogP contribution >= 0.6 is 0 Å². The van der Waals surface area contributed by atoms with Gasteiger partial charge in [-0.1, -0.05) is 137 Å². The van der Waals surface area contributed by atoms with E-state index >= 15 is 0 Å². The van der Waals surface area contributed by atoms with Gasteiger partial charge in [0.1, 0.15) is 0 Å². The number of carbonyl (C=O) groups is 4. The van der Waals surface area contributed by atoms with E-state index in [1.807, 2.05) is 0 Å². The number of carboxylic acid groups (broad SMARTS) is 1. The molecule has 0 bridgehead atoms. The van der Waals surface area contributed by atoms with Gasteiger partial charge in [-0.15, -0.1) is 0 Å². The van der Waals surface area contributed by atoms with E-state index in [1.165, 1.54) is 70.6 Å². The average Bonchev–Trinajstić information content (AvgIpc) is 3.11. The Balaban J connectivity index is 0.000000599. The predicted molar refractivity (Wildman–Crippen MR) is 217 cm³/mol. The Labute approximate surface area is 379 Å². The Morgan fingerprint density at radius 3 is 1.36 bits per heavy atom. The van der Waals surface area contributed by atoms with Crippen molar-refractivity contribution < 1.29 is 80.8 Å². The molecule has 3 aliphatic carbocycles. The third-order valence-electron chi connectivity index (χ3n) is 12.2. The van der Waals surface area contributed by atoms with Gasteiger partial charge in [0, 0.05) is 36.9 Å². The van der Waals surface area contributed by atoms with Crippen molar-refractivity contribution in [1.82, 2.24) is 16.0 Å². The molecule has 0 radical (unpaired) electrons. The summed E-state index contributed by atoms with van der Waals surface area (Å²) < 4.78 is 0. The van der Waals surface area contributed by atoms with E-state index in [0.717, 1.165) is 96.3 Å². The molecule has 3 rings (SSSR count). The first-order chi connectivity index (χ1) is 25.9. The fourth-order valence-electron chi connectivity index (χ4n) is 8.95. The van der Waals surface area contributed by atoms with E-state index in [2.05, 4.69) is 43.6 Å². The number of hydrogen-bond donors (Lipinski definition) is 4. The molecular weight excluding hydrogens is 718 g/mol. The summed E-state index contributed by atoms with van der Waals surface area (Å²) in [4.78, 5) is 49.2. The number of unbranched alkanes of at least 4 members (excludes halogenated alkanes) is 10. The van der Waals surface area contributed by atoms with Gasteiger partial charge in [-0.3, -0.25) is 14.4 Å². The molecule has 3 fully saturated rings. The Hall–Kier alpha value is -0.524. The van der Waals surface area contributed by atoms with Crippen molar-refractivity contribution >= 4 is 23.7 Å². The summed E-state index contributed by atoms with van der Waals surface area (Å²) in [7, 11) is 0. The van der Waals surface area contributed by atoms with E-state index in [4.69, 9.17) is 0 Å². The molecule has 314 valence electrons. The number of rotatable bonds is 24. The van der Waals surface area contributed by atoms with Crippen LogP contribution in [0.15, 0.2) is 0 Å². The van der Waals surface area contributed by atoms with Gasteiger partial charge in [-0.25, -0.2) is 0 Å². The van der Waals surface area contributed by atoms with Gasteiger partial charge >= 0.3 is 51.4 Å². The molecule has 0 aliphatic heterocycles. The van der Waals surface area contributed by atoms with Gasteiger partial charge in [0.15, 0.2) is 0 Å². The zero-order valence-corrected chi connectivity index (χ0v) is 39.2. The quantitative estimate of drug-likeness (QED) is 0.0756. The molecule has 3 saturated carbocycles. The molecule has 0 aromatic carbocycles. The van der Waals surface area contributed by atoms with E-state index in [9.17, 15) is 29.4 Å². The van der Waals surface area contributed by atoms with Gasteiger partial charge < -0.3 is 31.0 Å². The molecule has 0 aromatic heterocycles. The Kier molecular flexibility index (Phi) is 30.9. The van der Waals surface area contributed by atoms with Crippen molar-refractivity contribution in [3.8, 4) is 0 Å². The van der Waals surface area contributed by atoms with Gasteiger partial charge in [0.25, 0.3) is 0 Å². The second kappa shape index (κ2) is 32.3. The minimum atomic E-state index is -0.928. The molecule has 10 heteroatoms. The van der Waals surface area contributed by atoms with Crippen molar-refractivity contribution in [3.05, 3.63) is 0 Å². The summed E-state index contributed by atoms with van der Waals surface area (Å²) in [6.45, 7) is 8.90. The van der Waals surface area contributed by atoms with E-state index in [1.54, 1.807) is 0 Å². The smallest absolute Gasteiger partial charge is 0.550 e. The second-order valence-corrected chi connectivity index (χ2v) is 17.9. The van der Waals surface area contributed by atoms with E-state index < -0.39 is 11.9 Å². The van der Waals surface area contributed by atoms with Crippen LogP contribution in [0.1, 0.15) is 214 Å². The Morgan fingerprint density at radius 1 is 0.582 bits per heavy atom. The van der Waals surface area contributed by atoms with Crippen molar-refractivity contribution in [3.63, 3.8) is 0 Å². The molecular formula is C45H82KN3O6. The molecule has 0 aromatic rings. The first-order valence-electron chi connectivity index (χ1n) is 22.7. The van der Waals surface area contributed by atoms with Gasteiger partial charge in [0.05, 0.1) is 12.0 Å². The molecule has 7 atom stereocenters. The van der Waals surface area contributed by atoms with Crippen molar-refractivity contribution in [2.75, 3.05) is 0 Å². The van der Waals surface area contributed by atoms with Crippen LogP contribution in [0.5, 0.6) is 0 Å². The fourth-order valence-corrected chi connectivity index (χ4v) is 8.95. The number of carbonyl (C=O) groups excluding carboxylic acids is 4. The maximum atomic E-state index is 13.2. The summed E-state index contributed by atoms with van der Waals surface area (Å²) in [5.74, 6) is 0.00696. The van der Waals surface area contributed by atoms with Crippen LogP contribution in [-0.4, -0.2) is 53.0 Å². The monoisotopic (exact) mass is 800 g/mol. The fraction of sp³-hybridized carbons (Fsp3) is 0.911. The number of aliphatic hydroxyl groups excluding tert-OH is 1. The Bertz CT molecular complexity index is 1010. The number of hydrogen-bond acceptors (Lipinski definition) is 6. The summed E-state index contributed by atoms with van der Waals surface area (Å²) >= 11 is 0. The molecule has 0 heterocycles. The largest absolute Gasteiger partial charge is 1.00 e. The van der Waals surface area contributed by atoms with Crippen LogP contribution in [0.2, 0.25) is 0 Å². The number of amides is 3. The predicted octanol–water partition coefficient (Wildman–Crippen LogP) is 5.44. The molecule has 9 nitrogen and oxygen atoms in total. The molecule has 0 spiro atoms. The molecule has 3 amide bonds. The molecule has 7 unspecified atom stereocenters. The molecule has 55 heavy (non-hydrogen) atoms. The van der Waals surface area contributed by atoms with Crippen LogP contribution in [0.3, 0.4) is 0 Å². The zero-order valence-electron chi connectivity index (χ0n) is 36.1. The molecule has 3 aliphatic rings. The van der Waals surface area contributed by atoms with Crippen LogP contribution in [-0.2, 0) is 19.2 Å². The SMILES string of the molecule is CC1CCCC(NC(=O)CC(CC(=O)NC2CCCC(C)C2)C(=O)NC2CCCC(C)C2)C1.CCCCCCC(O)CCCCCCCCCCC(=O)[O-].[K+]. The first kappa shape index (κ1) is 52.5. The third kappa shape index (κ3) is 27.0. The van der Waals surface area contributed by atoms with Crippen LogP contribution in [0.4, 0.5) is 0 Å². The zero-order chi connectivity index (χ0) is 39.6. The summed E-state index contributed by atoms with van der Waals surface area (Å²) in [5, 5.41) is 29.6. The summed E-state index contributed by atoms with van der Waals surface area (Å²) in [6.07, 6.45) is 29.1. The van der Waals surface area contributed by atoms with Crippen LogP contribution in [0.25, 0.3) is 0 Å². The number of nitrogens with one attached hydrogen (secondary N) is 3. The number of aliphatic hydroxyl groups is 1. The maximum Gasteiger partial charge on any atom is 1.00 e. The average molecular weight is 800 g/mol. The first-order valence-corrected chi connectivity index (χ1v) is 22.7. The third-order valence-corrected chi connectivity index (χ3v) is 12.2. The van der Waals surface area contributed by atoms with Crippen molar-refractivity contribution in [2.45, 2.75) is 238 Å². The van der Waals surface area contributed by atoms with Crippen molar-refractivity contribution in [2.24, 2.45) is 23.7 Å². The minimum absolute atomic E-state index is 0. The van der Waals surface area contributed by atoms with Gasteiger partial charge in [-0.05, 0) is 82.0 Å². The molecule has 0 saturated heterocycles. The van der Waals surface area contributed by atoms with Gasteiger partial charge in [0.2, 0.25) is 17.7 Å². The topological polar surface area (TPSA) is 148 Å². The summed E-state index contributed by atoms with van der Waals surface area (Å²) in [5.41, 5.74) is 0. The standard InChI is InChI=1S/C27H47N3O3.C18H36O3.K/c1-18-7-4-10-22(13-18)28-25(31)16-21(27(33)30-24-12-6-9-20(3)15-24)17-26(32)29-23-11-5-8-19(2)14-23;1-2-3-4-11-14-17(19)15-12-9-7-5-6-8-10-13-16-18(20)21;/h18-24H,4-17H2,1-3H3,(H,28,31)(H,29,32)(H,30,33);17,19H,2-16H2,1H3,(H,20,21);/q;;+1/p-1.